The minimum absolute atomic E-state index is 0.202. The molecule has 0 aliphatic carbocycles. The Balaban J connectivity index is 2.66. The molecule has 0 heterocycles. The second-order valence-corrected chi connectivity index (χ2v) is 5.06. The predicted octanol–water partition coefficient (Wildman–Crippen LogP) is 2.34. The monoisotopic (exact) mass is 225 g/mol. The third-order valence-corrected chi connectivity index (χ3v) is 2.40. The number of benzene rings is 1. The van der Waals surface area contributed by atoms with Crippen molar-refractivity contribution in [2.24, 2.45) is 0 Å². The van der Waals surface area contributed by atoms with Crippen molar-refractivity contribution < 1.29 is 9.50 Å². The van der Waals surface area contributed by atoms with E-state index >= 15 is 0 Å². The minimum Gasteiger partial charge on any atom is -0.389 e. The van der Waals surface area contributed by atoms with E-state index in [4.69, 9.17) is 0 Å². The number of nitrogens with zero attached hydrogens (tertiary/aromatic N) is 1. The third kappa shape index (κ3) is 4.29. The van der Waals surface area contributed by atoms with Crippen LogP contribution in [-0.4, -0.2) is 29.2 Å². The summed E-state index contributed by atoms with van der Waals surface area (Å²) in [6, 6.07) is 4.80. The van der Waals surface area contributed by atoms with Gasteiger partial charge in [0.2, 0.25) is 0 Å². The molecule has 1 aromatic rings. The summed E-state index contributed by atoms with van der Waals surface area (Å²) < 4.78 is 12.9. The zero-order valence-electron chi connectivity index (χ0n) is 10.4. The van der Waals surface area contributed by atoms with Gasteiger partial charge < -0.3 is 5.11 Å². The Bertz CT molecular complexity index is 357. The van der Waals surface area contributed by atoms with Gasteiger partial charge in [-0.2, -0.15) is 0 Å². The Labute approximate surface area is 96.7 Å². The largest absolute Gasteiger partial charge is 0.389 e. The van der Waals surface area contributed by atoms with Gasteiger partial charge in [0, 0.05) is 13.1 Å². The van der Waals surface area contributed by atoms with Crippen molar-refractivity contribution in [3.8, 4) is 0 Å². The van der Waals surface area contributed by atoms with Gasteiger partial charge >= 0.3 is 0 Å². The van der Waals surface area contributed by atoms with Gasteiger partial charge in [0.1, 0.15) is 5.82 Å². The molecule has 1 N–H and O–H groups in total. The van der Waals surface area contributed by atoms with E-state index in [1.165, 1.54) is 12.1 Å². The maximum Gasteiger partial charge on any atom is 0.123 e. The molecule has 1 aromatic carbocycles. The molecule has 0 aliphatic heterocycles. The fourth-order valence-electron chi connectivity index (χ4n) is 1.84. The summed E-state index contributed by atoms with van der Waals surface area (Å²) in [6.45, 7) is 6.76. The molecule has 0 spiro atoms. The Hall–Kier alpha value is -0.930. The van der Waals surface area contributed by atoms with E-state index in [0.29, 0.717) is 6.54 Å². The van der Waals surface area contributed by atoms with E-state index in [0.717, 1.165) is 17.7 Å². The van der Waals surface area contributed by atoms with Crippen LogP contribution in [0.1, 0.15) is 25.0 Å². The Morgan fingerprint density at radius 2 is 2.00 bits per heavy atom. The zero-order chi connectivity index (χ0) is 12.3. The Kier molecular flexibility index (Phi) is 4.05. The molecule has 0 saturated heterocycles. The minimum atomic E-state index is -0.706. The molecule has 0 bridgehead atoms. The molecule has 0 fully saturated rings. The molecule has 0 amide bonds. The molecule has 16 heavy (non-hydrogen) atoms. The number of hydrogen-bond acceptors (Lipinski definition) is 2. The molecule has 90 valence electrons. The van der Waals surface area contributed by atoms with E-state index in [9.17, 15) is 9.50 Å². The highest BCUT2D eigenvalue weighted by atomic mass is 19.1. The number of halogens is 1. The molecule has 0 aliphatic rings. The van der Waals surface area contributed by atoms with Crippen LogP contribution in [0.5, 0.6) is 0 Å². The maximum absolute atomic E-state index is 12.9. The van der Waals surface area contributed by atoms with E-state index in [-0.39, 0.29) is 5.82 Å². The van der Waals surface area contributed by atoms with Crippen LogP contribution < -0.4 is 0 Å². The average Bonchev–Trinajstić information content (AvgIpc) is 2.06. The summed E-state index contributed by atoms with van der Waals surface area (Å²) in [4.78, 5) is 2.03. The number of aryl methyl sites for hydroxylation is 1. The first-order chi connectivity index (χ1) is 7.28. The fraction of sp³-hybridized carbons (Fsp3) is 0.538. The van der Waals surface area contributed by atoms with Gasteiger partial charge in [-0.1, -0.05) is 6.07 Å². The average molecular weight is 225 g/mol. The first-order valence-electron chi connectivity index (χ1n) is 5.44. The van der Waals surface area contributed by atoms with Crippen LogP contribution >= 0.6 is 0 Å². The zero-order valence-corrected chi connectivity index (χ0v) is 10.4. The summed E-state index contributed by atoms with van der Waals surface area (Å²) in [7, 11) is 1.95. The summed E-state index contributed by atoms with van der Waals surface area (Å²) in [6.07, 6.45) is 0. The molecule has 0 unspecified atom stereocenters. The van der Waals surface area contributed by atoms with Gasteiger partial charge in [0.15, 0.2) is 0 Å². The van der Waals surface area contributed by atoms with Crippen LogP contribution in [0, 0.1) is 12.7 Å². The van der Waals surface area contributed by atoms with Crippen molar-refractivity contribution in [3.63, 3.8) is 0 Å². The summed E-state index contributed by atoms with van der Waals surface area (Å²) in [5.74, 6) is -0.202. The Morgan fingerprint density at radius 3 is 2.50 bits per heavy atom. The number of likely N-dealkylation sites (N-methyl/N-ethyl adjacent to an activating group) is 1. The van der Waals surface area contributed by atoms with Gasteiger partial charge in [-0.3, -0.25) is 4.90 Å². The molecular formula is C13H20FNO. The van der Waals surface area contributed by atoms with Crippen LogP contribution in [0.3, 0.4) is 0 Å². The molecule has 0 radical (unpaired) electrons. The first kappa shape index (κ1) is 13.1. The summed E-state index contributed by atoms with van der Waals surface area (Å²) in [5.41, 5.74) is 1.33. The van der Waals surface area contributed by atoms with Gasteiger partial charge in [-0.15, -0.1) is 0 Å². The van der Waals surface area contributed by atoms with Crippen molar-refractivity contribution in [2.75, 3.05) is 13.6 Å². The molecule has 0 atom stereocenters. The fourth-order valence-corrected chi connectivity index (χ4v) is 1.84. The Morgan fingerprint density at radius 1 is 1.38 bits per heavy atom. The first-order valence-corrected chi connectivity index (χ1v) is 5.44. The highest BCUT2D eigenvalue weighted by molar-refractivity contribution is 5.26. The SMILES string of the molecule is Cc1cc(F)ccc1CN(C)CC(C)(C)O. The lowest BCUT2D eigenvalue weighted by Gasteiger charge is -2.25. The molecule has 0 aromatic heterocycles. The van der Waals surface area contributed by atoms with Crippen molar-refractivity contribution in [1.29, 1.82) is 0 Å². The normalized spacial score (nSPS) is 12.2. The highest BCUT2D eigenvalue weighted by Crippen LogP contribution is 2.13. The van der Waals surface area contributed by atoms with Crippen LogP contribution in [0.15, 0.2) is 18.2 Å². The van der Waals surface area contributed by atoms with E-state index in [1.54, 1.807) is 19.9 Å². The second kappa shape index (κ2) is 4.93. The lowest BCUT2D eigenvalue weighted by atomic mass is 10.1. The number of hydrogen-bond donors (Lipinski definition) is 1. The predicted molar refractivity (Wildman–Crippen MR) is 63.8 cm³/mol. The topological polar surface area (TPSA) is 23.5 Å². The molecule has 2 nitrogen and oxygen atoms in total. The summed E-state index contributed by atoms with van der Waals surface area (Å²) in [5, 5.41) is 9.68. The number of rotatable bonds is 4. The van der Waals surface area contributed by atoms with Crippen molar-refractivity contribution >= 4 is 0 Å². The molecule has 0 saturated carbocycles. The van der Waals surface area contributed by atoms with Crippen molar-refractivity contribution in [2.45, 2.75) is 32.9 Å². The lowest BCUT2D eigenvalue weighted by molar-refractivity contribution is 0.0424. The summed E-state index contributed by atoms with van der Waals surface area (Å²) >= 11 is 0. The van der Waals surface area contributed by atoms with Gasteiger partial charge in [0.25, 0.3) is 0 Å². The van der Waals surface area contributed by atoms with Crippen LogP contribution in [0.25, 0.3) is 0 Å². The van der Waals surface area contributed by atoms with E-state index in [1.807, 2.05) is 18.9 Å². The van der Waals surface area contributed by atoms with Crippen LogP contribution in [0.4, 0.5) is 4.39 Å². The lowest BCUT2D eigenvalue weighted by Crippen LogP contribution is -2.35. The highest BCUT2D eigenvalue weighted by Gasteiger charge is 2.16. The van der Waals surface area contributed by atoms with Gasteiger partial charge in [0.05, 0.1) is 5.60 Å². The quantitative estimate of drug-likeness (QED) is 0.850. The van der Waals surface area contributed by atoms with Crippen LogP contribution in [-0.2, 0) is 6.54 Å². The van der Waals surface area contributed by atoms with E-state index in [2.05, 4.69) is 0 Å². The standard InChI is InChI=1S/C13H20FNO/c1-10-7-12(14)6-5-11(10)8-15(4)9-13(2,3)16/h5-7,16H,8-9H2,1-4H3. The number of aliphatic hydroxyl groups is 1. The second-order valence-electron chi connectivity index (χ2n) is 5.06. The van der Waals surface area contributed by atoms with Crippen molar-refractivity contribution in [1.82, 2.24) is 4.90 Å². The molecule has 3 heteroatoms. The molecular weight excluding hydrogens is 205 g/mol. The van der Waals surface area contributed by atoms with Gasteiger partial charge in [-0.25, -0.2) is 4.39 Å². The smallest absolute Gasteiger partial charge is 0.123 e. The van der Waals surface area contributed by atoms with Gasteiger partial charge in [-0.05, 0) is 51.1 Å². The van der Waals surface area contributed by atoms with Crippen LogP contribution in [0.2, 0.25) is 0 Å². The van der Waals surface area contributed by atoms with E-state index < -0.39 is 5.60 Å². The third-order valence-electron chi connectivity index (χ3n) is 2.40. The maximum atomic E-state index is 12.9. The molecule has 1 rings (SSSR count). The van der Waals surface area contributed by atoms with Crippen molar-refractivity contribution in [3.05, 3.63) is 35.1 Å².